The van der Waals surface area contributed by atoms with E-state index in [1.165, 1.54) is 0 Å². The Hall–Kier alpha value is -2.93. The van der Waals surface area contributed by atoms with E-state index >= 15 is 0 Å². The van der Waals surface area contributed by atoms with Gasteiger partial charge >= 0.3 is 0 Å². The predicted molar refractivity (Wildman–Crippen MR) is 110 cm³/mol. The second-order valence-electron chi connectivity index (χ2n) is 6.15. The number of ketones is 1. The van der Waals surface area contributed by atoms with E-state index in [2.05, 4.69) is 48.2 Å². The Balaban J connectivity index is 2.26. The van der Waals surface area contributed by atoms with Crippen molar-refractivity contribution >= 4 is 17.2 Å². The minimum atomic E-state index is 0.103. The highest BCUT2D eigenvalue weighted by atomic mass is 16.1. The molecule has 0 fully saturated rings. The third kappa shape index (κ3) is 4.37. The lowest BCUT2D eigenvalue weighted by Gasteiger charge is -2.25. The van der Waals surface area contributed by atoms with Crippen LogP contribution in [0.5, 0.6) is 0 Å². The molecule has 0 atom stereocenters. The van der Waals surface area contributed by atoms with Crippen LogP contribution in [0.15, 0.2) is 47.7 Å². The number of anilines is 1. The van der Waals surface area contributed by atoms with Crippen molar-refractivity contribution in [1.29, 1.82) is 0 Å². The first-order valence-corrected chi connectivity index (χ1v) is 8.97. The number of benzene rings is 1. The van der Waals surface area contributed by atoms with Crippen LogP contribution in [0.25, 0.3) is 5.70 Å². The van der Waals surface area contributed by atoms with Crippen LogP contribution in [-0.2, 0) is 11.2 Å². The molecule has 0 saturated carbocycles. The highest BCUT2D eigenvalue weighted by Gasteiger charge is 2.19. The maximum atomic E-state index is 12.2. The van der Waals surface area contributed by atoms with Gasteiger partial charge in [-0.2, -0.15) is 0 Å². The molecule has 0 aliphatic heterocycles. The SMILES string of the molecule is C#C/C=C(N)\C(=C/C)CNC1=CC(=O)Cc2cc(N(CC)CC)ccc21. The number of terminal acetylenes is 1. The fourth-order valence-corrected chi connectivity index (χ4v) is 3.14. The standard InChI is InChI=1S/C22H27N3O/c1-5-9-21(23)16(6-2)15-24-22-14-19(26)13-17-12-18(10-11-20(17)22)25(7-3)8-4/h1,6,9-12,14,24H,7-8,13,15,23H2,2-4H3/b16-6-,21-9+. The fourth-order valence-electron chi connectivity index (χ4n) is 3.14. The summed E-state index contributed by atoms with van der Waals surface area (Å²) in [5, 5.41) is 3.34. The molecule has 1 aromatic carbocycles. The Morgan fingerprint density at radius 2 is 2.12 bits per heavy atom. The van der Waals surface area contributed by atoms with E-state index in [9.17, 15) is 4.79 Å². The molecule has 3 N–H and O–H groups in total. The molecule has 136 valence electrons. The molecule has 0 saturated heterocycles. The van der Waals surface area contributed by atoms with Crippen LogP contribution < -0.4 is 16.0 Å². The van der Waals surface area contributed by atoms with E-state index < -0.39 is 0 Å². The zero-order chi connectivity index (χ0) is 19.1. The lowest BCUT2D eigenvalue weighted by molar-refractivity contribution is -0.114. The maximum Gasteiger partial charge on any atom is 0.162 e. The highest BCUT2D eigenvalue weighted by molar-refractivity contribution is 6.01. The molecule has 0 spiro atoms. The Kier molecular flexibility index (Phi) is 6.68. The molecule has 0 aromatic heterocycles. The highest BCUT2D eigenvalue weighted by Crippen LogP contribution is 2.28. The Labute approximate surface area is 156 Å². The summed E-state index contributed by atoms with van der Waals surface area (Å²) < 4.78 is 0. The van der Waals surface area contributed by atoms with E-state index in [4.69, 9.17) is 12.2 Å². The number of carbonyl (C=O) groups excluding carboxylic acids is 1. The van der Waals surface area contributed by atoms with Gasteiger partial charge in [-0.1, -0.05) is 18.1 Å². The summed E-state index contributed by atoms with van der Waals surface area (Å²) in [5.41, 5.74) is 11.5. The topological polar surface area (TPSA) is 58.4 Å². The molecule has 0 amide bonds. The number of rotatable bonds is 7. The van der Waals surface area contributed by atoms with Gasteiger partial charge in [0.05, 0.1) is 0 Å². The van der Waals surface area contributed by atoms with Crippen molar-refractivity contribution in [1.82, 2.24) is 5.32 Å². The molecular formula is C22H27N3O. The van der Waals surface area contributed by atoms with E-state index in [-0.39, 0.29) is 5.78 Å². The summed E-state index contributed by atoms with van der Waals surface area (Å²) in [4.78, 5) is 14.5. The van der Waals surface area contributed by atoms with Gasteiger partial charge in [0.25, 0.3) is 0 Å². The smallest absolute Gasteiger partial charge is 0.162 e. The van der Waals surface area contributed by atoms with Gasteiger partial charge in [-0.25, -0.2) is 0 Å². The van der Waals surface area contributed by atoms with Gasteiger partial charge in [0.2, 0.25) is 0 Å². The average molecular weight is 349 g/mol. The van der Waals surface area contributed by atoms with Gasteiger partial charge in [0.15, 0.2) is 5.78 Å². The van der Waals surface area contributed by atoms with Crippen LogP contribution in [0.4, 0.5) is 5.69 Å². The summed E-state index contributed by atoms with van der Waals surface area (Å²) >= 11 is 0. The Morgan fingerprint density at radius 3 is 2.73 bits per heavy atom. The van der Waals surface area contributed by atoms with Crippen LogP contribution in [0.3, 0.4) is 0 Å². The lowest BCUT2D eigenvalue weighted by Crippen LogP contribution is -2.25. The molecule has 2 rings (SSSR count). The number of carbonyl (C=O) groups is 1. The molecule has 0 heterocycles. The van der Waals surface area contributed by atoms with Crippen molar-refractivity contribution in [3.63, 3.8) is 0 Å². The van der Waals surface area contributed by atoms with Crippen molar-refractivity contribution in [2.45, 2.75) is 27.2 Å². The molecule has 1 aromatic rings. The van der Waals surface area contributed by atoms with E-state index in [0.29, 0.717) is 18.7 Å². The van der Waals surface area contributed by atoms with Crippen LogP contribution in [0, 0.1) is 12.3 Å². The normalized spacial score (nSPS) is 14.4. The Bertz CT molecular complexity index is 805. The average Bonchev–Trinajstić information content (AvgIpc) is 2.63. The van der Waals surface area contributed by atoms with Gasteiger partial charge < -0.3 is 16.0 Å². The minimum Gasteiger partial charge on any atom is -0.398 e. The molecule has 1 aliphatic rings. The number of nitrogens with two attached hydrogens (primary N) is 1. The molecule has 1 aliphatic carbocycles. The molecule has 0 radical (unpaired) electrons. The van der Waals surface area contributed by atoms with E-state index in [1.54, 1.807) is 12.2 Å². The van der Waals surface area contributed by atoms with Crippen molar-refractivity contribution in [2.75, 3.05) is 24.5 Å². The van der Waals surface area contributed by atoms with Gasteiger partial charge in [-0.15, -0.1) is 6.42 Å². The molecule has 4 nitrogen and oxygen atoms in total. The zero-order valence-electron chi connectivity index (χ0n) is 15.8. The first-order chi connectivity index (χ1) is 12.5. The van der Waals surface area contributed by atoms with Gasteiger partial charge in [0.1, 0.15) is 0 Å². The Morgan fingerprint density at radius 1 is 1.38 bits per heavy atom. The summed E-state index contributed by atoms with van der Waals surface area (Å²) in [7, 11) is 0. The van der Waals surface area contributed by atoms with Crippen LogP contribution >= 0.6 is 0 Å². The number of fused-ring (bicyclic) bond motifs is 1. The molecule has 0 unspecified atom stereocenters. The monoisotopic (exact) mass is 349 g/mol. The van der Waals surface area contributed by atoms with E-state index in [1.807, 2.05) is 13.0 Å². The maximum absolute atomic E-state index is 12.2. The van der Waals surface area contributed by atoms with E-state index in [0.717, 1.165) is 41.2 Å². The summed E-state index contributed by atoms with van der Waals surface area (Å²) in [6.45, 7) is 8.57. The second kappa shape index (κ2) is 8.96. The van der Waals surface area contributed by atoms with Crippen LogP contribution in [0.2, 0.25) is 0 Å². The summed E-state index contributed by atoms with van der Waals surface area (Å²) in [6.07, 6.45) is 10.9. The minimum absolute atomic E-state index is 0.103. The van der Waals surface area contributed by atoms with Crippen molar-refractivity contribution < 1.29 is 4.79 Å². The molecular weight excluding hydrogens is 322 g/mol. The first kappa shape index (κ1) is 19.4. The quantitative estimate of drug-likeness (QED) is 0.587. The lowest BCUT2D eigenvalue weighted by atomic mass is 9.93. The predicted octanol–water partition coefficient (Wildman–Crippen LogP) is 3.01. The fraction of sp³-hybridized carbons (Fsp3) is 0.318. The van der Waals surface area contributed by atoms with Gasteiger partial charge in [0, 0.05) is 60.9 Å². The van der Waals surface area contributed by atoms with Crippen molar-refractivity contribution in [3.8, 4) is 12.3 Å². The van der Waals surface area contributed by atoms with Crippen LogP contribution in [-0.4, -0.2) is 25.4 Å². The van der Waals surface area contributed by atoms with Gasteiger partial charge in [-0.3, -0.25) is 4.79 Å². The third-order valence-corrected chi connectivity index (χ3v) is 4.60. The summed E-state index contributed by atoms with van der Waals surface area (Å²) in [5.74, 6) is 2.54. The molecule has 0 bridgehead atoms. The summed E-state index contributed by atoms with van der Waals surface area (Å²) in [6, 6.07) is 6.32. The molecule has 4 heteroatoms. The number of nitrogens with zero attached hydrogens (tertiary/aromatic N) is 1. The molecule has 26 heavy (non-hydrogen) atoms. The number of hydrogen-bond acceptors (Lipinski definition) is 4. The third-order valence-electron chi connectivity index (χ3n) is 4.60. The first-order valence-electron chi connectivity index (χ1n) is 8.97. The second-order valence-corrected chi connectivity index (χ2v) is 6.15. The largest absolute Gasteiger partial charge is 0.398 e. The number of nitrogens with one attached hydrogen (secondary N) is 1. The van der Waals surface area contributed by atoms with Crippen molar-refractivity contribution in [3.05, 3.63) is 58.8 Å². The number of allylic oxidation sites excluding steroid dienone is 3. The van der Waals surface area contributed by atoms with Crippen molar-refractivity contribution in [2.24, 2.45) is 5.73 Å². The number of hydrogen-bond donors (Lipinski definition) is 2. The van der Waals surface area contributed by atoms with Crippen LogP contribution in [0.1, 0.15) is 31.9 Å². The zero-order valence-corrected chi connectivity index (χ0v) is 15.8. The van der Waals surface area contributed by atoms with Gasteiger partial charge in [-0.05, 0) is 44.0 Å².